The molecule has 0 unspecified atom stereocenters. The van der Waals surface area contributed by atoms with Crippen molar-refractivity contribution in [2.24, 2.45) is 10.4 Å². The molecule has 2 fully saturated rings. The lowest BCUT2D eigenvalue weighted by Crippen LogP contribution is -2.59. The topological polar surface area (TPSA) is 126 Å². The van der Waals surface area contributed by atoms with Gasteiger partial charge in [0.25, 0.3) is 11.8 Å². The van der Waals surface area contributed by atoms with Crippen molar-refractivity contribution in [3.63, 3.8) is 0 Å². The number of carbonyl (C=O) groups excluding carboxylic acids is 3. The smallest absolute Gasteiger partial charge is 0.348 e. The van der Waals surface area contributed by atoms with Crippen molar-refractivity contribution in [3.8, 4) is 0 Å². The first-order valence-corrected chi connectivity index (χ1v) is 16.9. The Labute approximate surface area is 282 Å². The van der Waals surface area contributed by atoms with E-state index in [4.69, 9.17) is 14.5 Å². The summed E-state index contributed by atoms with van der Waals surface area (Å²) in [6.07, 6.45) is 5.48. The first kappa shape index (κ1) is 31.6. The number of amides is 2. The van der Waals surface area contributed by atoms with E-state index in [9.17, 15) is 14.4 Å². The standard InChI is InChI=1S/C36H36N6O5S/c1-4-47-35(45)29-12-11-28(48-29)30-23(3)42(27-6-5-15-37-31(27)40-30)34(44)24-7-9-25(10-8-24)39-33(43)26-18-22(2)19-38-32(26)41-20-36(21-41)13-16-46-17-14-36/h5-12,15,18-19,23H,4,13-14,16-17,20-21H2,1-3H3,(H,39,43)/t23-/m1/s1. The second-order valence-electron chi connectivity index (χ2n) is 12.5. The molecule has 246 valence electrons. The summed E-state index contributed by atoms with van der Waals surface area (Å²) < 4.78 is 10.7. The molecule has 0 aliphatic carbocycles. The Bertz CT molecular complexity index is 1910. The fourth-order valence-corrected chi connectivity index (χ4v) is 7.56. The Morgan fingerprint density at radius 1 is 1.06 bits per heavy atom. The number of aromatic nitrogens is 2. The molecule has 1 spiro atoms. The third-order valence-electron chi connectivity index (χ3n) is 9.13. The normalized spacial score (nSPS) is 18.1. The van der Waals surface area contributed by atoms with Crippen LogP contribution in [0, 0.1) is 12.3 Å². The maximum Gasteiger partial charge on any atom is 0.348 e. The second-order valence-corrected chi connectivity index (χ2v) is 13.5. The highest BCUT2D eigenvalue weighted by Crippen LogP contribution is 2.42. The summed E-state index contributed by atoms with van der Waals surface area (Å²) >= 11 is 1.27. The van der Waals surface area contributed by atoms with Crippen molar-refractivity contribution < 1.29 is 23.9 Å². The Morgan fingerprint density at radius 2 is 1.83 bits per heavy atom. The van der Waals surface area contributed by atoms with Crippen LogP contribution in [0.1, 0.15) is 67.5 Å². The van der Waals surface area contributed by atoms with E-state index in [-0.39, 0.29) is 23.8 Å². The number of nitrogens with zero attached hydrogens (tertiary/aromatic N) is 5. The minimum atomic E-state index is -0.448. The van der Waals surface area contributed by atoms with Gasteiger partial charge in [0.1, 0.15) is 10.7 Å². The number of ether oxygens (including phenoxy) is 2. The monoisotopic (exact) mass is 664 g/mol. The van der Waals surface area contributed by atoms with Crippen molar-refractivity contribution in [2.75, 3.05) is 48.0 Å². The van der Waals surface area contributed by atoms with Gasteiger partial charge in [0.2, 0.25) is 0 Å². The van der Waals surface area contributed by atoms with Crippen LogP contribution in [0.4, 0.5) is 23.0 Å². The molecule has 6 heterocycles. The van der Waals surface area contributed by atoms with E-state index in [1.165, 1.54) is 11.3 Å². The number of hydrogen-bond donors (Lipinski definition) is 1. The third kappa shape index (κ3) is 5.97. The summed E-state index contributed by atoms with van der Waals surface area (Å²) in [5, 5.41) is 3.00. The molecule has 1 aromatic carbocycles. The van der Waals surface area contributed by atoms with Crippen molar-refractivity contribution >= 4 is 57.8 Å². The zero-order valence-corrected chi connectivity index (χ0v) is 27.9. The van der Waals surface area contributed by atoms with Crippen molar-refractivity contribution in [2.45, 2.75) is 39.7 Å². The highest BCUT2D eigenvalue weighted by atomic mass is 32.1. The summed E-state index contributed by atoms with van der Waals surface area (Å²) in [5.41, 5.74) is 3.89. The molecule has 2 amide bonds. The highest BCUT2D eigenvalue weighted by molar-refractivity contribution is 7.16. The summed E-state index contributed by atoms with van der Waals surface area (Å²) in [6, 6.07) is 15.4. The number of anilines is 3. The molecular weight excluding hydrogens is 629 g/mol. The quantitative estimate of drug-likeness (QED) is 0.236. The van der Waals surface area contributed by atoms with Crippen molar-refractivity contribution in [1.29, 1.82) is 0 Å². The average Bonchev–Trinajstić information content (AvgIpc) is 3.58. The van der Waals surface area contributed by atoms with Crippen LogP contribution in [-0.4, -0.2) is 72.4 Å². The van der Waals surface area contributed by atoms with Gasteiger partial charge in [0.05, 0.1) is 34.5 Å². The predicted octanol–water partition coefficient (Wildman–Crippen LogP) is 6.06. The van der Waals surface area contributed by atoms with Crippen LogP contribution in [-0.2, 0) is 9.47 Å². The second kappa shape index (κ2) is 12.9. The summed E-state index contributed by atoms with van der Waals surface area (Å²) in [5.74, 6) is 0.216. The van der Waals surface area contributed by atoms with Crippen LogP contribution in [0.25, 0.3) is 0 Å². The first-order valence-electron chi connectivity index (χ1n) is 16.1. The SMILES string of the molecule is CCOC(=O)c1ccc(C2=Nc3ncccc3N(C(=O)c3ccc(NC(=O)c4cc(C)cnc4N4CC5(CCOCC5)C4)cc3)[C@@H]2C)s1. The van der Waals surface area contributed by atoms with Crippen LogP contribution < -0.4 is 15.1 Å². The van der Waals surface area contributed by atoms with E-state index in [1.807, 2.05) is 32.0 Å². The van der Waals surface area contributed by atoms with Crippen LogP contribution in [0.15, 0.2) is 72.0 Å². The van der Waals surface area contributed by atoms with Crippen LogP contribution in [0.2, 0.25) is 0 Å². The molecule has 1 atom stereocenters. The molecule has 3 aliphatic heterocycles. The Balaban J connectivity index is 1.09. The fraction of sp³-hybridized carbons (Fsp3) is 0.333. The largest absolute Gasteiger partial charge is 0.462 e. The number of rotatable bonds is 7. The van der Waals surface area contributed by atoms with Gasteiger partial charge in [-0.25, -0.2) is 19.8 Å². The molecular formula is C36H36N6O5S. The summed E-state index contributed by atoms with van der Waals surface area (Å²) in [7, 11) is 0. The van der Waals surface area contributed by atoms with Gasteiger partial charge < -0.3 is 19.7 Å². The molecule has 1 N–H and O–H groups in total. The number of pyridine rings is 2. The molecule has 7 rings (SSSR count). The van der Waals surface area contributed by atoms with Gasteiger partial charge in [0.15, 0.2) is 5.82 Å². The number of carbonyl (C=O) groups is 3. The lowest BCUT2D eigenvalue weighted by molar-refractivity contribution is -0.000512. The lowest BCUT2D eigenvalue weighted by Gasteiger charge is -2.53. The average molecular weight is 665 g/mol. The predicted molar refractivity (Wildman–Crippen MR) is 185 cm³/mol. The van der Waals surface area contributed by atoms with Crippen molar-refractivity contribution in [3.05, 3.63) is 93.4 Å². The number of fused-ring (bicyclic) bond motifs is 1. The maximum atomic E-state index is 14.1. The Kier molecular flexibility index (Phi) is 8.52. The lowest BCUT2D eigenvalue weighted by atomic mass is 9.73. The summed E-state index contributed by atoms with van der Waals surface area (Å²) in [6.45, 7) is 9.16. The molecule has 11 nitrogen and oxygen atoms in total. The number of hydrogen-bond acceptors (Lipinski definition) is 10. The van der Waals surface area contributed by atoms with E-state index >= 15 is 0 Å². The number of aliphatic imine (C=N–C) groups is 1. The zero-order chi connectivity index (χ0) is 33.4. The molecule has 12 heteroatoms. The first-order chi connectivity index (χ1) is 23.2. The van der Waals surface area contributed by atoms with Gasteiger partial charge in [0, 0.05) is 55.4 Å². The van der Waals surface area contributed by atoms with E-state index < -0.39 is 12.0 Å². The molecule has 48 heavy (non-hydrogen) atoms. The van der Waals surface area contributed by atoms with E-state index in [0.717, 1.165) is 49.6 Å². The molecule has 0 radical (unpaired) electrons. The van der Waals surface area contributed by atoms with E-state index in [1.54, 1.807) is 60.6 Å². The fourth-order valence-electron chi connectivity index (χ4n) is 6.58. The number of nitrogens with one attached hydrogen (secondary N) is 1. The zero-order valence-electron chi connectivity index (χ0n) is 27.1. The molecule has 4 aromatic rings. The van der Waals surface area contributed by atoms with E-state index in [0.29, 0.717) is 44.7 Å². The molecule has 2 saturated heterocycles. The van der Waals surface area contributed by atoms with Gasteiger partial charge in [-0.1, -0.05) is 0 Å². The number of esters is 1. The Morgan fingerprint density at radius 3 is 2.58 bits per heavy atom. The molecule has 0 saturated carbocycles. The maximum absolute atomic E-state index is 14.1. The van der Waals surface area contributed by atoms with Gasteiger partial charge >= 0.3 is 5.97 Å². The van der Waals surface area contributed by atoms with Crippen LogP contribution >= 0.6 is 11.3 Å². The Hall–Kier alpha value is -4.94. The summed E-state index contributed by atoms with van der Waals surface area (Å²) in [4.78, 5) is 58.9. The van der Waals surface area contributed by atoms with E-state index in [2.05, 4.69) is 20.2 Å². The van der Waals surface area contributed by atoms with Gasteiger partial charge in [-0.3, -0.25) is 14.5 Å². The number of benzene rings is 1. The molecule has 0 bridgehead atoms. The number of aryl methyl sites for hydroxylation is 1. The highest BCUT2D eigenvalue weighted by Gasteiger charge is 2.45. The van der Waals surface area contributed by atoms with Gasteiger partial charge in [-0.15, -0.1) is 11.3 Å². The van der Waals surface area contributed by atoms with Crippen LogP contribution in [0.3, 0.4) is 0 Å². The third-order valence-corrected chi connectivity index (χ3v) is 10.2. The van der Waals surface area contributed by atoms with Gasteiger partial charge in [-0.2, -0.15) is 0 Å². The molecule has 3 aliphatic rings. The minimum absolute atomic E-state index is 0.241. The molecule has 3 aromatic heterocycles. The number of thiophene rings is 1. The van der Waals surface area contributed by atoms with Crippen molar-refractivity contribution in [1.82, 2.24) is 9.97 Å². The van der Waals surface area contributed by atoms with Gasteiger partial charge in [-0.05, 0) is 93.8 Å². The van der Waals surface area contributed by atoms with Crippen LogP contribution in [0.5, 0.6) is 0 Å². The minimum Gasteiger partial charge on any atom is -0.462 e.